The lowest BCUT2D eigenvalue weighted by molar-refractivity contribution is -0.123. The Morgan fingerprint density at radius 2 is 1.69 bits per heavy atom. The van der Waals surface area contributed by atoms with E-state index in [0.717, 1.165) is 21.7 Å². The van der Waals surface area contributed by atoms with Gasteiger partial charge in [0.05, 0.1) is 30.0 Å². The molecule has 4 rings (SSSR count). The summed E-state index contributed by atoms with van der Waals surface area (Å²) in [5.41, 5.74) is 3.44. The molecule has 200 valence electrons. The van der Waals surface area contributed by atoms with Crippen molar-refractivity contribution in [3.05, 3.63) is 94.5 Å². The molecule has 0 spiro atoms. The molecule has 0 bridgehead atoms. The zero-order chi connectivity index (χ0) is 27.6. The number of hydrazone groups is 1. The van der Waals surface area contributed by atoms with E-state index in [1.165, 1.54) is 13.3 Å². The van der Waals surface area contributed by atoms with Crippen LogP contribution in [0.3, 0.4) is 0 Å². The number of methoxy groups -OCH3 is 1. The average Bonchev–Trinajstić information content (AvgIpc) is 2.96. The van der Waals surface area contributed by atoms with Crippen molar-refractivity contribution >= 4 is 44.8 Å². The number of carbonyl (C=O) groups is 2. The fourth-order valence-electron chi connectivity index (χ4n) is 3.59. The number of rotatable bonds is 11. The Balaban J connectivity index is 1.31. The Morgan fingerprint density at radius 3 is 2.46 bits per heavy atom. The molecule has 39 heavy (non-hydrogen) atoms. The van der Waals surface area contributed by atoms with Crippen LogP contribution in [0.25, 0.3) is 10.8 Å². The van der Waals surface area contributed by atoms with Crippen LogP contribution in [0, 0.1) is 0 Å². The summed E-state index contributed by atoms with van der Waals surface area (Å²) < 4.78 is 22.9. The molecule has 9 heteroatoms. The van der Waals surface area contributed by atoms with Gasteiger partial charge in [0.15, 0.2) is 18.1 Å². The molecule has 0 aliphatic carbocycles. The van der Waals surface area contributed by atoms with E-state index in [0.29, 0.717) is 35.0 Å². The van der Waals surface area contributed by atoms with Crippen LogP contribution in [0.2, 0.25) is 0 Å². The maximum absolute atomic E-state index is 12.6. The predicted molar refractivity (Wildman–Crippen MR) is 153 cm³/mol. The molecular formula is C30H27BrN2O6. The van der Waals surface area contributed by atoms with Crippen molar-refractivity contribution in [3.63, 3.8) is 0 Å². The minimum absolute atomic E-state index is 0.210. The van der Waals surface area contributed by atoms with Gasteiger partial charge < -0.3 is 18.9 Å². The van der Waals surface area contributed by atoms with Gasteiger partial charge in [-0.3, -0.25) is 4.79 Å². The van der Waals surface area contributed by atoms with Gasteiger partial charge in [-0.05, 0) is 87.2 Å². The zero-order valence-electron chi connectivity index (χ0n) is 21.5. The molecule has 4 aromatic carbocycles. The first-order valence-corrected chi connectivity index (χ1v) is 13.0. The summed E-state index contributed by atoms with van der Waals surface area (Å²) >= 11 is 3.54. The van der Waals surface area contributed by atoms with Crippen LogP contribution in [-0.4, -0.2) is 38.4 Å². The third kappa shape index (κ3) is 7.36. The van der Waals surface area contributed by atoms with E-state index < -0.39 is 11.9 Å². The number of nitrogens with zero attached hydrogens (tertiary/aromatic N) is 1. The summed E-state index contributed by atoms with van der Waals surface area (Å²) in [6.45, 7) is 2.42. The quantitative estimate of drug-likeness (QED) is 0.0974. The molecule has 0 heterocycles. The van der Waals surface area contributed by atoms with Crippen molar-refractivity contribution in [1.29, 1.82) is 0 Å². The van der Waals surface area contributed by atoms with Gasteiger partial charge in [-0.15, -0.1) is 0 Å². The topological polar surface area (TPSA) is 95.5 Å². The van der Waals surface area contributed by atoms with Crippen molar-refractivity contribution in [1.82, 2.24) is 5.43 Å². The fraction of sp³-hybridized carbons (Fsp3) is 0.167. The first kappa shape index (κ1) is 27.7. The number of halogens is 1. The molecule has 0 saturated heterocycles. The molecule has 0 saturated carbocycles. The molecule has 4 aromatic rings. The second-order valence-electron chi connectivity index (χ2n) is 8.35. The number of carbonyl (C=O) groups excluding carboxylic acids is 2. The lowest BCUT2D eigenvalue weighted by Gasteiger charge is -2.11. The Kier molecular flexibility index (Phi) is 9.53. The molecule has 0 radical (unpaired) electrons. The maximum atomic E-state index is 12.6. The fourth-order valence-corrected chi connectivity index (χ4v) is 4.20. The maximum Gasteiger partial charge on any atom is 0.343 e. The van der Waals surface area contributed by atoms with Gasteiger partial charge in [-0.1, -0.05) is 37.3 Å². The second kappa shape index (κ2) is 13.4. The molecule has 0 atom stereocenters. The van der Waals surface area contributed by atoms with Gasteiger partial charge in [0.2, 0.25) is 0 Å². The summed E-state index contributed by atoms with van der Waals surface area (Å²) in [6.07, 6.45) is 2.35. The SMILES string of the molecule is CCCOc1ccc(C(=O)Oc2ccc(/C=N/NC(=O)COc3ccc4ccccc4c3Br)cc2OC)cc1. The monoisotopic (exact) mass is 590 g/mol. The Bertz CT molecular complexity index is 1490. The molecule has 0 unspecified atom stereocenters. The number of hydrogen-bond donors (Lipinski definition) is 1. The van der Waals surface area contributed by atoms with Crippen molar-refractivity contribution in [2.24, 2.45) is 5.10 Å². The number of fused-ring (bicyclic) bond motifs is 1. The normalized spacial score (nSPS) is 10.8. The summed E-state index contributed by atoms with van der Waals surface area (Å²) in [5, 5.41) is 6.03. The number of amides is 1. The van der Waals surface area contributed by atoms with Gasteiger partial charge in [0.25, 0.3) is 5.91 Å². The molecule has 0 aliphatic heterocycles. The third-order valence-electron chi connectivity index (χ3n) is 5.54. The lowest BCUT2D eigenvalue weighted by atomic mass is 10.1. The van der Waals surface area contributed by atoms with E-state index in [2.05, 4.69) is 26.5 Å². The molecular weight excluding hydrogens is 564 g/mol. The van der Waals surface area contributed by atoms with Crippen molar-refractivity contribution < 1.29 is 28.5 Å². The highest BCUT2D eigenvalue weighted by atomic mass is 79.9. The van der Waals surface area contributed by atoms with Gasteiger partial charge in [-0.25, -0.2) is 10.2 Å². The molecule has 1 N–H and O–H groups in total. The highest BCUT2D eigenvalue weighted by Crippen LogP contribution is 2.33. The third-order valence-corrected chi connectivity index (χ3v) is 6.36. The van der Waals surface area contributed by atoms with E-state index in [9.17, 15) is 9.59 Å². The van der Waals surface area contributed by atoms with Crippen LogP contribution < -0.4 is 24.4 Å². The highest BCUT2D eigenvalue weighted by molar-refractivity contribution is 9.10. The van der Waals surface area contributed by atoms with Crippen LogP contribution >= 0.6 is 15.9 Å². The number of esters is 1. The Morgan fingerprint density at radius 1 is 0.923 bits per heavy atom. The van der Waals surface area contributed by atoms with Crippen LogP contribution in [-0.2, 0) is 4.79 Å². The van der Waals surface area contributed by atoms with Gasteiger partial charge >= 0.3 is 5.97 Å². The van der Waals surface area contributed by atoms with E-state index in [-0.39, 0.29) is 12.4 Å². The molecule has 0 fully saturated rings. The minimum atomic E-state index is -0.526. The van der Waals surface area contributed by atoms with Crippen molar-refractivity contribution in [3.8, 4) is 23.0 Å². The first-order valence-electron chi connectivity index (χ1n) is 12.2. The van der Waals surface area contributed by atoms with Crippen LogP contribution in [0.5, 0.6) is 23.0 Å². The summed E-state index contributed by atoms with van der Waals surface area (Å²) in [7, 11) is 1.47. The van der Waals surface area contributed by atoms with E-state index >= 15 is 0 Å². The van der Waals surface area contributed by atoms with E-state index in [1.54, 1.807) is 48.5 Å². The second-order valence-corrected chi connectivity index (χ2v) is 9.15. The molecule has 8 nitrogen and oxygen atoms in total. The zero-order valence-corrected chi connectivity index (χ0v) is 23.1. The van der Waals surface area contributed by atoms with E-state index in [1.807, 2.05) is 37.3 Å². The van der Waals surface area contributed by atoms with Crippen LogP contribution in [0.15, 0.2) is 88.4 Å². The van der Waals surface area contributed by atoms with Gasteiger partial charge in [0.1, 0.15) is 11.5 Å². The van der Waals surface area contributed by atoms with Gasteiger partial charge in [-0.2, -0.15) is 5.10 Å². The Hall–Kier alpha value is -4.37. The number of ether oxygens (including phenoxy) is 4. The van der Waals surface area contributed by atoms with E-state index in [4.69, 9.17) is 18.9 Å². The minimum Gasteiger partial charge on any atom is -0.494 e. The first-order chi connectivity index (χ1) is 19.0. The molecule has 1 amide bonds. The predicted octanol–water partition coefficient (Wildman–Crippen LogP) is 6.15. The number of nitrogens with one attached hydrogen (secondary N) is 1. The van der Waals surface area contributed by atoms with Crippen LogP contribution in [0.1, 0.15) is 29.3 Å². The van der Waals surface area contributed by atoms with Crippen molar-refractivity contribution in [2.45, 2.75) is 13.3 Å². The van der Waals surface area contributed by atoms with Gasteiger partial charge in [0, 0.05) is 0 Å². The molecule has 0 aliphatic rings. The lowest BCUT2D eigenvalue weighted by Crippen LogP contribution is -2.24. The largest absolute Gasteiger partial charge is 0.494 e. The smallest absolute Gasteiger partial charge is 0.343 e. The van der Waals surface area contributed by atoms with Crippen molar-refractivity contribution in [2.75, 3.05) is 20.3 Å². The Labute approximate surface area is 234 Å². The summed E-state index contributed by atoms with van der Waals surface area (Å²) in [4.78, 5) is 24.8. The van der Waals surface area contributed by atoms with Crippen LogP contribution in [0.4, 0.5) is 0 Å². The number of benzene rings is 4. The summed E-state index contributed by atoms with van der Waals surface area (Å²) in [5.74, 6) is 0.894. The highest BCUT2D eigenvalue weighted by Gasteiger charge is 2.13. The summed E-state index contributed by atoms with van der Waals surface area (Å²) in [6, 6.07) is 23.3. The standard InChI is InChI=1S/C30H27BrN2O6/c1-3-16-37-23-12-9-22(10-13-23)30(35)39-25-14-8-20(17-27(25)36-2)18-32-33-28(34)19-38-26-15-11-21-6-4-5-7-24(21)29(26)31/h4-15,17-18H,3,16,19H2,1-2H3,(H,33,34)/b32-18+. The molecule has 0 aromatic heterocycles. The number of hydrogen-bond acceptors (Lipinski definition) is 7. The average molecular weight is 591 g/mol.